The number of carbonyl (C=O) groups is 1. The van der Waals surface area contributed by atoms with E-state index in [1.807, 2.05) is 0 Å². The van der Waals surface area contributed by atoms with E-state index in [1.54, 1.807) is 6.07 Å². The van der Waals surface area contributed by atoms with Crippen LogP contribution in [0.25, 0.3) is 0 Å². The number of anilines is 1. The molecule has 0 spiro atoms. The summed E-state index contributed by atoms with van der Waals surface area (Å²) in [5, 5.41) is 11.7. The Morgan fingerprint density at radius 3 is 2.60 bits per heavy atom. The SMILES string of the molecule is CCC(CC)CNc1ccc(C(=O)O)o1. The highest BCUT2D eigenvalue weighted by molar-refractivity contribution is 5.84. The Labute approximate surface area is 89.3 Å². The van der Waals surface area contributed by atoms with Crippen LogP contribution in [0.4, 0.5) is 5.88 Å². The van der Waals surface area contributed by atoms with Crippen molar-refractivity contribution in [2.45, 2.75) is 26.7 Å². The number of carboxylic acid groups (broad SMARTS) is 1. The molecular weight excluding hydrogens is 194 g/mol. The molecule has 0 aliphatic carbocycles. The van der Waals surface area contributed by atoms with E-state index < -0.39 is 5.97 Å². The first-order valence-corrected chi connectivity index (χ1v) is 5.24. The first kappa shape index (κ1) is 11.6. The third-order valence-corrected chi connectivity index (χ3v) is 2.54. The van der Waals surface area contributed by atoms with Gasteiger partial charge < -0.3 is 14.8 Å². The fraction of sp³-hybridized carbons (Fsp3) is 0.545. The predicted octanol–water partition coefficient (Wildman–Crippen LogP) is 2.83. The summed E-state index contributed by atoms with van der Waals surface area (Å²) in [7, 11) is 0. The highest BCUT2D eigenvalue weighted by atomic mass is 16.4. The first-order valence-electron chi connectivity index (χ1n) is 5.24. The lowest BCUT2D eigenvalue weighted by atomic mass is 10.0. The first-order chi connectivity index (χ1) is 7.17. The summed E-state index contributed by atoms with van der Waals surface area (Å²) in [5.74, 6) is 0.0651. The third-order valence-electron chi connectivity index (χ3n) is 2.54. The highest BCUT2D eigenvalue weighted by Crippen LogP contribution is 2.15. The van der Waals surface area contributed by atoms with E-state index in [0.29, 0.717) is 11.8 Å². The van der Waals surface area contributed by atoms with Crippen LogP contribution in [0.15, 0.2) is 16.5 Å². The van der Waals surface area contributed by atoms with Gasteiger partial charge in [0.05, 0.1) is 0 Å². The van der Waals surface area contributed by atoms with Gasteiger partial charge in [0, 0.05) is 12.6 Å². The number of nitrogens with one attached hydrogen (secondary N) is 1. The standard InChI is InChI=1S/C11H17NO3/c1-3-8(4-2)7-12-10-6-5-9(15-10)11(13)14/h5-6,8,12H,3-4,7H2,1-2H3,(H,13,14). The van der Waals surface area contributed by atoms with Crippen molar-refractivity contribution in [2.24, 2.45) is 5.92 Å². The average molecular weight is 211 g/mol. The second-order valence-corrected chi connectivity index (χ2v) is 3.53. The van der Waals surface area contributed by atoms with Crippen molar-refractivity contribution in [1.29, 1.82) is 0 Å². The predicted molar refractivity (Wildman–Crippen MR) is 58.2 cm³/mol. The molecule has 0 aromatic carbocycles. The van der Waals surface area contributed by atoms with Gasteiger partial charge >= 0.3 is 5.97 Å². The molecule has 4 nitrogen and oxygen atoms in total. The Morgan fingerprint density at radius 2 is 2.13 bits per heavy atom. The van der Waals surface area contributed by atoms with Gasteiger partial charge in [0.2, 0.25) is 5.76 Å². The van der Waals surface area contributed by atoms with E-state index in [-0.39, 0.29) is 5.76 Å². The summed E-state index contributed by atoms with van der Waals surface area (Å²) in [6, 6.07) is 3.10. The largest absolute Gasteiger partial charge is 0.475 e. The van der Waals surface area contributed by atoms with E-state index in [0.717, 1.165) is 19.4 Å². The van der Waals surface area contributed by atoms with Gasteiger partial charge in [0.15, 0.2) is 5.88 Å². The van der Waals surface area contributed by atoms with Crippen molar-refractivity contribution in [1.82, 2.24) is 0 Å². The summed E-state index contributed by atoms with van der Waals surface area (Å²) < 4.78 is 5.07. The van der Waals surface area contributed by atoms with Crippen LogP contribution >= 0.6 is 0 Å². The molecule has 0 saturated heterocycles. The van der Waals surface area contributed by atoms with Crippen LogP contribution in [0.2, 0.25) is 0 Å². The van der Waals surface area contributed by atoms with Crippen molar-refractivity contribution < 1.29 is 14.3 Å². The molecule has 0 bridgehead atoms. The zero-order valence-electron chi connectivity index (χ0n) is 9.12. The van der Waals surface area contributed by atoms with Gasteiger partial charge in [-0.1, -0.05) is 26.7 Å². The van der Waals surface area contributed by atoms with Crippen LogP contribution in [-0.4, -0.2) is 17.6 Å². The van der Waals surface area contributed by atoms with Crippen LogP contribution in [0.5, 0.6) is 0 Å². The van der Waals surface area contributed by atoms with Crippen molar-refractivity contribution in [2.75, 3.05) is 11.9 Å². The molecule has 0 saturated carbocycles. The molecule has 4 heteroatoms. The lowest BCUT2D eigenvalue weighted by molar-refractivity contribution is 0.0663. The molecule has 0 aliphatic heterocycles. The summed E-state index contributed by atoms with van der Waals surface area (Å²) >= 11 is 0. The monoisotopic (exact) mass is 211 g/mol. The highest BCUT2D eigenvalue weighted by Gasteiger charge is 2.09. The van der Waals surface area contributed by atoms with Crippen molar-refractivity contribution in [3.63, 3.8) is 0 Å². The zero-order valence-corrected chi connectivity index (χ0v) is 9.12. The quantitative estimate of drug-likeness (QED) is 0.759. The summed E-state index contributed by atoms with van der Waals surface area (Å²) in [5.41, 5.74) is 0. The number of hydrogen-bond acceptors (Lipinski definition) is 3. The van der Waals surface area contributed by atoms with E-state index in [4.69, 9.17) is 9.52 Å². The Morgan fingerprint density at radius 1 is 1.47 bits per heavy atom. The maximum absolute atomic E-state index is 10.5. The van der Waals surface area contributed by atoms with E-state index in [1.165, 1.54) is 6.07 Å². The van der Waals surface area contributed by atoms with E-state index in [9.17, 15) is 4.79 Å². The lowest BCUT2D eigenvalue weighted by Crippen LogP contribution is -2.12. The van der Waals surface area contributed by atoms with Crippen molar-refractivity contribution >= 4 is 11.9 Å². The second kappa shape index (κ2) is 5.44. The number of aromatic carboxylic acids is 1. The van der Waals surface area contributed by atoms with Gasteiger partial charge in [-0.05, 0) is 12.0 Å². The van der Waals surface area contributed by atoms with Crippen LogP contribution in [0.3, 0.4) is 0 Å². The Bertz CT molecular complexity index is 315. The molecule has 0 fully saturated rings. The van der Waals surface area contributed by atoms with Crippen molar-refractivity contribution in [3.8, 4) is 0 Å². The molecule has 0 radical (unpaired) electrons. The van der Waals surface area contributed by atoms with Crippen LogP contribution in [0, 0.1) is 5.92 Å². The maximum atomic E-state index is 10.5. The molecule has 0 amide bonds. The molecule has 1 rings (SSSR count). The molecule has 0 aliphatic rings. The maximum Gasteiger partial charge on any atom is 0.371 e. The Balaban J connectivity index is 2.47. The van der Waals surface area contributed by atoms with E-state index >= 15 is 0 Å². The average Bonchev–Trinajstić information content (AvgIpc) is 2.68. The van der Waals surface area contributed by atoms with Crippen LogP contribution < -0.4 is 5.32 Å². The van der Waals surface area contributed by atoms with E-state index in [2.05, 4.69) is 19.2 Å². The molecule has 2 N–H and O–H groups in total. The molecule has 1 aromatic heterocycles. The van der Waals surface area contributed by atoms with Gasteiger partial charge in [-0.3, -0.25) is 0 Å². The molecule has 1 aromatic rings. The minimum Gasteiger partial charge on any atom is -0.475 e. The molecule has 1 heterocycles. The van der Waals surface area contributed by atoms with Crippen LogP contribution in [-0.2, 0) is 0 Å². The minimum atomic E-state index is -1.04. The molecule has 15 heavy (non-hydrogen) atoms. The normalized spacial score (nSPS) is 10.6. The molecule has 0 atom stereocenters. The number of furan rings is 1. The van der Waals surface area contributed by atoms with Crippen molar-refractivity contribution in [3.05, 3.63) is 17.9 Å². The summed E-state index contributed by atoms with van der Waals surface area (Å²) in [4.78, 5) is 10.5. The number of carboxylic acids is 1. The minimum absolute atomic E-state index is 0.0259. The summed E-state index contributed by atoms with van der Waals surface area (Å²) in [6.45, 7) is 5.10. The van der Waals surface area contributed by atoms with Gasteiger partial charge in [0.25, 0.3) is 0 Å². The Kier molecular flexibility index (Phi) is 4.21. The van der Waals surface area contributed by atoms with Gasteiger partial charge in [-0.15, -0.1) is 0 Å². The Hall–Kier alpha value is -1.45. The fourth-order valence-corrected chi connectivity index (χ4v) is 1.37. The smallest absolute Gasteiger partial charge is 0.371 e. The zero-order chi connectivity index (χ0) is 11.3. The molecular formula is C11H17NO3. The third kappa shape index (κ3) is 3.31. The number of rotatable bonds is 6. The number of hydrogen-bond donors (Lipinski definition) is 2. The van der Waals surface area contributed by atoms with Crippen LogP contribution in [0.1, 0.15) is 37.2 Å². The van der Waals surface area contributed by atoms with Gasteiger partial charge in [-0.2, -0.15) is 0 Å². The summed E-state index contributed by atoms with van der Waals surface area (Å²) in [6.07, 6.45) is 2.21. The molecule has 84 valence electrons. The van der Waals surface area contributed by atoms with Gasteiger partial charge in [0.1, 0.15) is 0 Å². The lowest BCUT2D eigenvalue weighted by Gasteiger charge is -2.12. The second-order valence-electron chi connectivity index (χ2n) is 3.53. The molecule has 0 unspecified atom stereocenters. The topological polar surface area (TPSA) is 62.5 Å². The van der Waals surface area contributed by atoms with Gasteiger partial charge in [-0.25, -0.2) is 4.79 Å². The fourth-order valence-electron chi connectivity index (χ4n) is 1.37.